The van der Waals surface area contributed by atoms with Crippen LogP contribution in [0.4, 0.5) is 8.78 Å². The molecule has 1 unspecified atom stereocenters. The Bertz CT molecular complexity index is 1190. The number of hydrogen-bond donors (Lipinski definition) is 1. The highest BCUT2D eigenvalue weighted by Gasteiger charge is 2.34. The number of halogens is 3. The number of likely N-dealkylation sites (tertiary alicyclic amines) is 1. The summed E-state index contributed by atoms with van der Waals surface area (Å²) in [6.07, 6.45) is 1.83. The van der Waals surface area contributed by atoms with Crippen LogP contribution < -0.4 is 4.74 Å². The van der Waals surface area contributed by atoms with Crippen LogP contribution >= 0.6 is 23.4 Å². The lowest BCUT2D eigenvalue weighted by molar-refractivity contribution is -0.146. The second kappa shape index (κ2) is 12.2. The van der Waals surface area contributed by atoms with Gasteiger partial charge < -0.3 is 14.7 Å². The summed E-state index contributed by atoms with van der Waals surface area (Å²) in [5.74, 6) is -0.517. The molecule has 3 aromatic rings. The molecule has 1 aliphatic rings. The number of aromatic nitrogens is 1. The number of carboxylic acid groups (broad SMARTS) is 1. The Morgan fingerprint density at radius 3 is 2.89 bits per heavy atom. The van der Waals surface area contributed by atoms with Crippen LogP contribution in [0.25, 0.3) is 10.9 Å². The number of rotatable bonds is 10. The molecule has 1 N–H and O–H groups in total. The largest absolute Gasteiger partial charge is 0.497 e. The number of fused-ring (bicyclic) bond motifs is 1. The fourth-order valence-electron chi connectivity index (χ4n) is 4.86. The van der Waals surface area contributed by atoms with Crippen LogP contribution in [0, 0.1) is 17.7 Å². The number of piperidine rings is 1. The van der Waals surface area contributed by atoms with Gasteiger partial charge in [0.25, 0.3) is 0 Å². The summed E-state index contributed by atoms with van der Waals surface area (Å²) >= 11 is 7.41. The van der Waals surface area contributed by atoms with Crippen LogP contribution in [-0.2, 0) is 4.79 Å². The lowest BCUT2D eigenvalue weighted by atomic mass is 9.81. The first-order valence-corrected chi connectivity index (χ1v) is 13.3. The average Bonchev–Trinajstić information content (AvgIpc) is 2.86. The first kappa shape index (κ1) is 26.6. The minimum Gasteiger partial charge on any atom is -0.497 e. The van der Waals surface area contributed by atoms with Gasteiger partial charge in [-0.1, -0.05) is 11.6 Å². The van der Waals surface area contributed by atoms with Gasteiger partial charge in [0.2, 0.25) is 0 Å². The lowest BCUT2D eigenvalue weighted by Crippen LogP contribution is -2.44. The fourth-order valence-corrected chi connectivity index (χ4v) is 6.14. The molecular formula is C27H29ClF2N2O3S. The zero-order valence-corrected chi connectivity index (χ0v) is 21.6. The molecule has 0 aliphatic carbocycles. The zero-order chi connectivity index (χ0) is 25.7. The first-order chi connectivity index (χ1) is 17.3. The molecule has 5 nitrogen and oxygen atoms in total. The molecule has 3 atom stereocenters. The molecule has 0 radical (unpaired) electrons. The molecule has 0 amide bonds. The third-order valence-corrected chi connectivity index (χ3v) is 7.95. The minimum absolute atomic E-state index is 0.0886. The number of benzene rings is 2. The number of nitrogens with zero attached hydrogens (tertiary/aromatic N) is 2. The maximum absolute atomic E-state index is 15.4. The number of ether oxygens (including phenoxy) is 1. The number of hydrogen-bond acceptors (Lipinski definition) is 5. The molecule has 1 aliphatic heterocycles. The molecule has 192 valence electrons. The van der Waals surface area contributed by atoms with Crippen molar-refractivity contribution in [1.82, 2.24) is 9.88 Å². The normalized spacial score (nSPS) is 19.3. The molecule has 0 spiro atoms. The molecule has 1 fully saturated rings. The highest BCUT2D eigenvalue weighted by Crippen LogP contribution is 2.35. The maximum Gasteiger partial charge on any atom is 0.308 e. The van der Waals surface area contributed by atoms with E-state index in [1.54, 1.807) is 37.6 Å². The summed E-state index contributed by atoms with van der Waals surface area (Å²) < 4.78 is 34.2. The van der Waals surface area contributed by atoms with E-state index in [0.717, 1.165) is 11.4 Å². The van der Waals surface area contributed by atoms with Crippen molar-refractivity contribution in [2.75, 3.05) is 32.5 Å². The van der Waals surface area contributed by atoms with Crippen LogP contribution in [0.3, 0.4) is 0 Å². The van der Waals surface area contributed by atoms with Crippen molar-refractivity contribution < 1.29 is 23.4 Å². The van der Waals surface area contributed by atoms with E-state index < -0.39 is 18.1 Å². The van der Waals surface area contributed by atoms with Crippen molar-refractivity contribution in [3.05, 3.63) is 65.1 Å². The van der Waals surface area contributed by atoms with E-state index in [9.17, 15) is 14.3 Å². The Kier molecular flexibility index (Phi) is 9.04. The molecule has 2 aromatic carbocycles. The average molecular weight is 535 g/mol. The number of carboxylic acids is 1. The van der Waals surface area contributed by atoms with Gasteiger partial charge in [0.05, 0.1) is 18.5 Å². The minimum atomic E-state index is -1.22. The zero-order valence-electron chi connectivity index (χ0n) is 20.0. The van der Waals surface area contributed by atoms with E-state index in [1.165, 1.54) is 23.9 Å². The van der Waals surface area contributed by atoms with Crippen molar-refractivity contribution in [2.45, 2.75) is 30.3 Å². The number of alkyl halides is 1. The smallest absolute Gasteiger partial charge is 0.308 e. The quantitative estimate of drug-likeness (QED) is 0.294. The Labute approximate surface area is 218 Å². The number of methoxy groups -OCH3 is 1. The van der Waals surface area contributed by atoms with E-state index in [0.29, 0.717) is 58.9 Å². The molecule has 1 saturated heterocycles. The van der Waals surface area contributed by atoms with Gasteiger partial charge in [-0.05, 0) is 79.8 Å². The van der Waals surface area contributed by atoms with E-state index in [2.05, 4.69) is 9.88 Å². The summed E-state index contributed by atoms with van der Waals surface area (Å²) in [4.78, 5) is 19.2. The van der Waals surface area contributed by atoms with E-state index in [1.807, 2.05) is 6.07 Å². The molecule has 0 saturated carbocycles. The Hall–Kier alpha value is -2.42. The fraction of sp³-hybridized carbons (Fsp3) is 0.407. The molecule has 0 bridgehead atoms. The van der Waals surface area contributed by atoms with Crippen molar-refractivity contribution in [3.63, 3.8) is 0 Å². The Morgan fingerprint density at radius 2 is 2.14 bits per heavy atom. The highest BCUT2D eigenvalue weighted by molar-refractivity contribution is 7.99. The van der Waals surface area contributed by atoms with Gasteiger partial charge in [-0.15, -0.1) is 11.8 Å². The first-order valence-electron chi connectivity index (χ1n) is 11.9. The molecule has 1 aromatic heterocycles. The van der Waals surface area contributed by atoms with Gasteiger partial charge in [0.15, 0.2) is 0 Å². The number of carbonyl (C=O) groups is 1. The van der Waals surface area contributed by atoms with Gasteiger partial charge in [0.1, 0.15) is 17.7 Å². The van der Waals surface area contributed by atoms with Crippen LogP contribution in [0.15, 0.2) is 53.6 Å². The number of aliphatic carboxylic acids is 1. The summed E-state index contributed by atoms with van der Waals surface area (Å²) in [5, 5.41) is 10.9. The Balaban J connectivity index is 1.33. The second-order valence-electron chi connectivity index (χ2n) is 9.08. The molecular weight excluding hydrogens is 506 g/mol. The van der Waals surface area contributed by atoms with Gasteiger partial charge in [-0.2, -0.15) is 0 Å². The number of pyridine rings is 1. The van der Waals surface area contributed by atoms with Gasteiger partial charge in [0, 0.05) is 40.3 Å². The number of thioether (sulfide) groups is 1. The van der Waals surface area contributed by atoms with E-state index in [-0.39, 0.29) is 18.2 Å². The van der Waals surface area contributed by atoms with Crippen molar-refractivity contribution in [1.29, 1.82) is 0 Å². The summed E-state index contributed by atoms with van der Waals surface area (Å²) in [6, 6.07) is 11.5. The third kappa shape index (κ3) is 6.66. The van der Waals surface area contributed by atoms with Gasteiger partial charge >= 0.3 is 5.97 Å². The highest BCUT2D eigenvalue weighted by atomic mass is 35.5. The van der Waals surface area contributed by atoms with E-state index in [4.69, 9.17) is 16.3 Å². The van der Waals surface area contributed by atoms with Crippen molar-refractivity contribution >= 4 is 40.2 Å². The standard InChI is InChI=1S/C27H29ClF2N2O3S/c1-35-20-3-5-26-23(15-20)22(6-8-31-26)25(30)4-2-17-7-9-32(16-24(17)27(33)34)10-11-36-21-13-18(28)12-19(29)14-21/h3,5-6,8,12-15,17,24-25H,2,4,7,9-11,16H2,1H3,(H,33,34)/t17-,24+,25?/m1/s1. The van der Waals surface area contributed by atoms with Crippen LogP contribution in [0.2, 0.25) is 5.02 Å². The topological polar surface area (TPSA) is 62.7 Å². The maximum atomic E-state index is 15.4. The summed E-state index contributed by atoms with van der Waals surface area (Å²) in [6.45, 7) is 1.87. The predicted octanol–water partition coefficient (Wildman–Crippen LogP) is 6.64. The molecule has 9 heteroatoms. The van der Waals surface area contributed by atoms with Crippen molar-refractivity contribution in [2.24, 2.45) is 11.8 Å². The van der Waals surface area contributed by atoms with Gasteiger partial charge in [-0.3, -0.25) is 9.78 Å². The van der Waals surface area contributed by atoms with Crippen LogP contribution in [0.1, 0.15) is 31.0 Å². The molecule has 4 rings (SSSR count). The summed E-state index contributed by atoms with van der Waals surface area (Å²) in [5.41, 5.74) is 1.25. The SMILES string of the molecule is COc1ccc2nccc(C(F)CC[C@@H]3CCN(CCSc4cc(F)cc(Cl)c4)C[C@@H]3C(=O)O)c2c1. The Morgan fingerprint density at radius 1 is 1.31 bits per heavy atom. The van der Waals surface area contributed by atoms with Gasteiger partial charge in [-0.25, -0.2) is 8.78 Å². The van der Waals surface area contributed by atoms with Crippen LogP contribution in [0.5, 0.6) is 5.75 Å². The second-order valence-corrected chi connectivity index (χ2v) is 10.7. The monoisotopic (exact) mass is 534 g/mol. The van der Waals surface area contributed by atoms with Crippen molar-refractivity contribution in [3.8, 4) is 5.75 Å². The predicted molar refractivity (Wildman–Crippen MR) is 139 cm³/mol. The summed E-state index contributed by atoms with van der Waals surface area (Å²) in [7, 11) is 1.57. The molecule has 2 heterocycles. The molecule has 36 heavy (non-hydrogen) atoms. The third-order valence-electron chi connectivity index (χ3n) is 6.78. The van der Waals surface area contributed by atoms with E-state index >= 15 is 4.39 Å². The van der Waals surface area contributed by atoms with Crippen LogP contribution in [-0.4, -0.2) is 53.5 Å². The lowest BCUT2D eigenvalue weighted by Gasteiger charge is -2.36.